The van der Waals surface area contributed by atoms with Crippen LogP contribution in [-0.2, 0) is 11.2 Å². The lowest BCUT2D eigenvalue weighted by atomic mass is 10.0. The molecule has 0 fully saturated rings. The van der Waals surface area contributed by atoms with E-state index in [4.69, 9.17) is 9.52 Å². The van der Waals surface area contributed by atoms with E-state index in [-0.39, 0.29) is 6.42 Å². The summed E-state index contributed by atoms with van der Waals surface area (Å²) in [5.41, 5.74) is 3.77. The van der Waals surface area contributed by atoms with E-state index in [1.807, 2.05) is 32.9 Å². The molecule has 1 aromatic heterocycles. The Morgan fingerprint density at radius 2 is 2.00 bits per heavy atom. The third-order valence-electron chi connectivity index (χ3n) is 2.76. The molecular weight excluding hydrogens is 204 g/mol. The molecule has 0 radical (unpaired) electrons. The van der Waals surface area contributed by atoms with Gasteiger partial charge in [-0.3, -0.25) is 4.79 Å². The van der Waals surface area contributed by atoms with E-state index in [1.54, 1.807) is 0 Å². The molecule has 0 aliphatic rings. The number of carbonyl (C=O) groups is 1. The predicted molar refractivity (Wildman–Crippen MR) is 61.8 cm³/mol. The van der Waals surface area contributed by atoms with Gasteiger partial charge in [0.2, 0.25) is 0 Å². The number of aryl methyl sites for hydroxylation is 3. The standard InChI is InChI=1S/C13H14O3/c1-7-4-8(2)13-10(6-12(14)15)9(3)16-11(13)5-7/h4-5H,6H2,1-3H3,(H,14,15). The highest BCUT2D eigenvalue weighted by Gasteiger charge is 2.15. The fourth-order valence-electron chi connectivity index (χ4n) is 2.16. The maximum atomic E-state index is 10.8. The van der Waals surface area contributed by atoms with Crippen molar-refractivity contribution in [3.8, 4) is 0 Å². The second-order valence-corrected chi connectivity index (χ2v) is 4.16. The summed E-state index contributed by atoms with van der Waals surface area (Å²) < 4.78 is 5.60. The number of aliphatic carboxylic acids is 1. The topological polar surface area (TPSA) is 50.4 Å². The molecule has 1 N–H and O–H groups in total. The van der Waals surface area contributed by atoms with Gasteiger partial charge in [-0.2, -0.15) is 0 Å². The van der Waals surface area contributed by atoms with Crippen molar-refractivity contribution in [3.05, 3.63) is 34.6 Å². The smallest absolute Gasteiger partial charge is 0.307 e. The zero-order valence-corrected chi connectivity index (χ0v) is 9.63. The number of carboxylic acids is 1. The molecule has 0 amide bonds. The summed E-state index contributed by atoms with van der Waals surface area (Å²) in [6.45, 7) is 5.80. The Hall–Kier alpha value is -1.77. The Morgan fingerprint density at radius 3 is 2.62 bits per heavy atom. The van der Waals surface area contributed by atoms with Crippen LogP contribution in [0.15, 0.2) is 16.5 Å². The third-order valence-corrected chi connectivity index (χ3v) is 2.76. The number of benzene rings is 1. The summed E-state index contributed by atoms with van der Waals surface area (Å²) in [7, 11) is 0. The second kappa shape index (κ2) is 3.67. The fourth-order valence-corrected chi connectivity index (χ4v) is 2.16. The van der Waals surface area contributed by atoms with Crippen LogP contribution in [0.4, 0.5) is 0 Å². The first-order chi connectivity index (χ1) is 7.49. The Labute approximate surface area is 93.7 Å². The fraction of sp³-hybridized carbons (Fsp3) is 0.308. The van der Waals surface area contributed by atoms with Gasteiger partial charge in [0.05, 0.1) is 6.42 Å². The van der Waals surface area contributed by atoms with Crippen LogP contribution in [0, 0.1) is 20.8 Å². The molecule has 0 spiro atoms. The zero-order valence-electron chi connectivity index (χ0n) is 9.63. The van der Waals surface area contributed by atoms with Crippen LogP contribution in [0.3, 0.4) is 0 Å². The number of carboxylic acid groups (broad SMARTS) is 1. The number of fused-ring (bicyclic) bond motifs is 1. The largest absolute Gasteiger partial charge is 0.481 e. The lowest BCUT2D eigenvalue weighted by Crippen LogP contribution is -2.00. The Kier molecular flexibility index (Phi) is 2.46. The third kappa shape index (κ3) is 1.69. The molecular formula is C13H14O3. The van der Waals surface area contributed by atoms with Crippen molar-refractivity contribution >= 4 is 16.9 Å². The minimum absolute atomic E-state index is 0.0166. The summed E-state index contributed by atoms with van der Waals surface area (Å²) >= 11 is 0. The van der Waals surface area contributed by atoms with Crippen LogP contribution in [-0.4, -0.2) is 11.1 Å². The van der Waals surface area contributed by atoms with Crippen molar-refractivity contribution in [2.75, 3.05) is 0 Å². The van der Waals surface area contributed by atoms with Crippen molar-refractivity contribution in [2.24, 2.45) is 0 Å². The van der Waals surface area contributed by atoms with Crippen LogP contribution >= 0.6 is 0 Å². The van der Waals surface area contributed by atoms with Gasteiger partial charge in [-0.15, -0.1) is 0 Å². The van der Waals surface area contributed by atoms with Gasteiger partial charge in [-0.05, 0) is 38.0 Å². The molecule has 0 unspecified atom stereocenters. The molecule has 84 valence electrons. The number of hydrogen-bond acceptors (Lipinski definition) is 2. The van der Waals surface area contributed by atoms with Gasteiger partial charge < -0.3 is 9.52 Å². The summed E-state index contributed by atoms with van der Waals surface area (Å²) in [6.07, 6.45) is 0.0166. The van der Waals surface area contributed by atoms with Crippen LogP contribution in [0.1, 0.15) is 22.5 Å². The monoisotopic (exact) mass is 218 g/mol. The molecule has 0 aliphatic carbocycles. The van der Waals surface area contributed by atoms with E-state index in [0.717, 1.165) is 27.7 Å². The Balaban J connectivity index is 2.73. The maximum absolute atomic E-state index is 10.8. The molecule has 3 heteroatoms. The van der Waals surface area contributed by atoms with E-state index in [9.17, 15) is 4.79 Å². The summed E-state index contributed by atoms with van der Waals surface area (Å²) in [6, 6.07) is 3.99. The van der Waals surface area contributed by atoms with E-state index >= 15 is 0 Å². The van der Waals surface area contributed by atoms with Crippen molar-refractivity contribution < 1.29 is 14.3 Å². The molecule has 0 atom stereocenters. The van der Waals surface area contributed by atoms with Crippen molar-refractivity contribution in [1.29, 1.82) is 0 Å². The first-order valence-corrected chi connectivity index (χ1v) is 5.20. The lowest BCUT2D eigenvalue weighted by molar-refractivity contribution is -0.136. The van der Waals surface area contributed by atoms with E-state index < -0.39 is 5.97 Å². The van der Waals surface area contributed by atoms with Crippen molar-refractivity contribution in [2.45, 2.75) is 27.2 Å². The van der Waals surface area contributed by atoms with Crippen LogP contribution in [0.5, 0.6) is 0 Å². The molecule has 1 heterocycles. The first kappa shape index (κ1) is 10.7. The van der Waals surface area contributed by atoms with Gasteiger partial charge in [0.1, 0.15) is 11.3 Å². The van der Waals surface area contributed by atoms with Gasteiger partial charge in [0, 0.05) is 10.9 Å². The number of furan rings is 1. The highest BCUT2D eigenvalue weighted by Crippen LogP contribution is 2.29. The van der Waals surface area contributed by atoms with Crippen molar-refractivity contribution in [1.82, 2.24) is 0 Å². The van der Waals surface area contributed by atoms with E-state index in [1.165, 1.54) is 0 Å². The highest BCUT2D eigenvalue weighted by molar-refractivity contribution is 5.89. The zero-order chi connectivity index (χ0) is 11.9. The molecule has 16 heavy (non-hydrogen) atoms. The number of hydrogen-bond donors (Lipinski definition) is 1. The highest BCUT2D eigenvalue weighted by atomic mass is 16.4. The average Bonchev–Trinajstić information content (AvgIpc) is 2.41. The minimum atomic E-state index is -0.828. The minimum Gasteiger partial charge on any atom is -0.481 e. The van der Waals surface area contributed by atoms with Gasteiger partial charge in [-0.25, -0.2) is 0 Å². The molecule has 0 bridgehead atoms. The van der Waals surface area contributed by atoms with Crippen LogP contribution < -0.4 is 0 Å². The van der Waals surface area contributed by atoms with Gasteiger partial charge in [0.25, 0.3) is 0 Å². The van der Waals surface area contributed by atoms with Gasteiger partial charge in [-0.1, -0.05) is 6.07 Å². The summed E-state index contributed by atoms with van der Waals surface area (Å²) in [5.74, 6) is -0.128. The number of rotatable bonds is 2. The molecule has 0 saturated heterocycles. The Morgan fingerprint density at radius 1 is 1.31 bits per heavy atom. The molecule has 1 aromatic carbocycles. The average molecular weight is 218 g/mol. The summed E-state index contributed by atoms with van der Waals surface area (Å²) in [4.78, 5) is 10.8. The summed E-state index contributed by atoms with van der Waals surface area (Å²) in [5, 5.41) is 9.82. The van der Waals surface area contributed by atoms with Gasteiger partial charge >= 0.3 is 5.97 Å². The van der Waals surface area contributed by atoms with E-state index in [0.29, 0.717) is 5.76 Å². The molecule has 3 nitrogen and oxygen atoms in total. The van der Waals surface area contributed by atoms with E-state index in [2.05, 4.69) is 0 Å². The van der Waals surface area contributed by atoms with Crippen LogP contribution in [0.25, 0.3) is 11.0 Å². The molecule has 2 rings (SSSR count). The molecule has 0 aliphatic heterocycles. The predicted octanol–water partition coefficient (Wildman–Crippen LogP) is 2.99. The molecule has 2 aromatic rings. The normalized spacial score (nSPS) is 10.9. The van der Waals surface area contributed by atoms with Crippen LogP contribution in [0.2, 0.25) is 0 Å². The quantitative estimate of drug-likeness (QED) is 0.843. The SMILES string of the molecule is Cc1cc(C)c2c(CC(=O)O)c(C)oc2c1. The first-order valence-electron chi connectivity index (χ1n) is 5.20. The van der Waals surface area contributed by atoms with Gasteiger partial charge in [0.15, 0.2) is 0 Å². The second-order valence-electron chi connectivity index (χ2n) is 4.16. The lowest BCUT2D eigenvalue weighted by Gasteiger charge is -2.00. The van der Waals surface area contributed by atoms with Crippen molar-refractivity contribution in [3.63, 3.8) is 0 Å². The Bertz CT molecular complexity index is 564. The maximum Gasteiger partial charge on any atom is 0.307 e. The molecule has 0 saturated carbocycles.